The highest BCUT2D eigenvalue weighted by Crippen LogP contribution is 2.30. The van der Waals surface area contributed by atoms with Crippen LogP contribution in [-0.4, -0.2) is 13.1 Å². The van der Waals surface area contributed by atoms with Crippen LogP contribution in [0, 0.1) is 5.82 Å². The van der Waals surface area contributed by atoms with E-state index in [0.29, 0.717) is 10.0 Å². The number of methoxy groups -OCH3 is 1. The highest BCUT2D eigenvalue weighted by atomic mass is 79.9. The molecule has 0 radical (unpaired) electrons. The highest BCUT2D eigenvalue weighted by molar-refractivity contribution is 9.10. The van der Waals surface area contributed by atoms with E-state index in [0.717, 1.165) is 0 Å². The maximum absolute atomic E-state index is 13.3. The van der Waals surface area contributed by atoms with E-state index in [-0.39, 0.29) is 5.75 Å². The summed E-state index contributed by atoms with van der Waals surface area (Å²) in [5.41, 5.74) is 0.635. The van der Waals surface area contributed by atoms with Crippen LogP contribution < -0.4 is 4.74 Å². The number of benzene rings is 2. The average Bonchev–Trinajstić information content (AvgIpc) is 2.48. The van der Waals surface area contributed by atoms with E-state index in [1.807, 2.05) is 6.07 Å². The van der Waals surface area contributed by atoms with Gasteiger partial charge >= 0.3 is 5.97 Å². The molecule has 3 nitrogen and oxygen atoms in total. The van der Waals surface area contributed by atoms with Crippen molar-refractivity contribution in [2.24, 2.45) is 0 Å². The molecule has 0 aliphatic carbocycles. The third-order valence-electron chi connectivity index (χ3n) is 2.66. The van der Waals surface area contributed by atoms with Gasteiger partial charge in [0.1, 0.15) is 11.6 Å². The van der Waals surface area contributed by atoms with Gasteiger partial charge in [-0.15, -0.1) is 0 Å². The number of halogens is 2. The van der Waals surface area contributed by atoms with Crippen molar-refractivity contribution in [2.75, 3.05) is 7.11 Å². The maximum atomic E-state index is 13.3. The van der Waals surface area contributed by atoms with E-state index < -0.39 is 17.9 Å². The van der Waals surface area contributed by atoms with Crippen LogP contribution in [0.3, 0.4) is 0 Å². The van der Waals surface area contributed by atoms with Gasteiger partial charge in [0.2, 0.25) is 6.10 Å². The molecule has 0 fully saturated rings. The minimum Gasteiger partial charge on any atom is -0.473 e. The molecule has 0 N–H and O–H groups in total. The van der Waals surface area contributed by atoms with Crippen molar-refractivity contribution in [2.45, 2.75) is 6.10 Å². The molecule has 5 heteroatoms. The van der Waals surface area contributed by atoms with Crippen LogP contribution in [0.2, 0.25) is 0 Å². The minimum atomic E-state index is -0.945. The van der Waals surface area contributed by atoms with Gasteiger partial charge in [-0.3, -0.25) is 0 Å². The summed E-state index contributed by atoms with van der Waals surface area (Å²) in [5, 5.41) is 0. The van der Waals surface area contributed by atoms with E-state index >= 15 is 0 Å². The Morgan fingerprint density at radius 2 is 1.90 bits per heavy atom. The fraction of sp³-hybridized carbons (Fsp3) is 0.133. The number of carbonyl (C=O) groups is 1. The summed E-state index contributed by atoms with van der Waals surface area (Å²) in [6, 6.07) is 12.9. The minimum absolute atomic E-state index is 0.240. The van der Waals surface area contributed by atoms with Crippen molar-refractivity contribution in [3.63, 3.8) is 0 Å². The smallest absolute Gasteiger partial charge is 0.351 e. The molecule has 0 spiro atoms. The third-order valence-corrected chi connectivity index (χ3v) is 3.31. The van der Waals surface area contributed by atoms with Crippen molar-refractivity contribution in [3.8, 4) is 5.75 Å². The molecule has 0 bridgehead atoms. The maximum Gasteiger partial charge on any atom is 0.351 e. The van der Waals surface area contributed by atoms with Crippen LogP contribution in [0.5, 0.6) is 5.75 Å². The first-order valence-corrected chi connectivity index (χ1v) is 6.65. The molecule has 1 unspecified atom stereocenters. The SMILES string of the molecule is COC(=O)C(Oc1cc(F)ccc1Br)c1ccccc1. The zero-order chi connectivity index (χ0) is 14.5. The van der Waals surface area contributed by atoms with Crippen LogP contribution in [0.15, 0.2) is 53.0 Å². The van der Waals surface area contributed by atoms with Crippen LogP contribution in [0.4, 0.5) is 4.39 Å². The lowest BCUT2D eigenvalue weighted by atomic mass is 10.1. The Kier molecular flexibility index (Phi) is 4.74. The average molecular weight is 339 g/mol. The summed E-state index contributed by atoms with van der Waals surface area (Å²) in [6.45, 7) is 0. The van der Waals surface area contributed by atoms with Gasteiger partial charge in [0, 0.05) is 11.6 Å². The third kappa shape index (κ3) is 3.36. The Balaban J connectivity index is 2.34. The lowest BCUT2D eigenvalue weighted by Crippen LogP contribution is -2.20. The standard InChI is InChI=1S/C15H12BrFO3/c1-19-15(18)14(10-5-3-2-4-6-10)20-13-9-11(17)7-8-12(13)16/h2-9,14H,1H3. The molecule has 0 amide bonds. The fourth-order valence-electron chi connectivity index (χ4n) is 1.68. The predicted octanol–water partition coefficient (Wildman–Crippen LogP) is 3.88. The Bertz CT molecular complexity index is 601. The number of carbonyl (C=O) groups excluding carboxylic acids is 1. The van der Waals surface area contributed by atoms with Gasteiger partial charge in [0.15, 0.2) is 0 Å². The first kappa shape index (κ1) is 14.5. The Morgan fingerprint density at radius 1 is 1.20 bits per heavy atom. The molecule has 0 aliphatic heterocycles. The van der Waals surface area contributed by atoms with Gasteiger partial charge in [-0.25, -0.2) is 9.18 Å². The second kappa shape index (κ2) is 6.52. The summed E-state index contributed by atoms with van der Waals surface area (Å²) < 4.78 is 24.2. The van der Waals surface area contributed by atoms with E-state index in [4.69, 9.17) is 9.47 Å². The predicted molar refractivity (Wildman–Crippen MR) is 75.9 cm³/mol. The van der Waals surface area contributed by atoms with Crippen LogP contribution >= 0.6 is 15.9 Å². The number of hydrogen-bond donors (Lipinski definition) is 0. The molecule has 0 heterocycles. The quantitative estimate of drug-likeness (QED) is 0.793. The molecule has 104 valence electrons. The molecule has 20 heavy (non-hydrogen) atoms. The molecule has 0 saturated heterocycles. The van der Waals surface area contributed by atoms with Gasteiger partial charge in [-0.05, 0) is 28.1 Å². The lowest BCUT2D eigenvalue weighted by molar-refractivity contribution is -0.149. The largest absolute Gasteiger partial charge is 0.473 e. The Labute approximate surface area is 124 Å². The zero-order valence-corrected chi connectivity index (χ0v) is 12.3. The highest BCUT2D eigenvalue weighted by Gasteiger charge is 2.24. The van der Waals surface area contributed by atoms with Crippen molar-refractivity contribution in [1.29, 1.82) is 0 Å². The lowest BCUT2D eigenvalue weighted by Gasteiger charge is -2.18. The zero-order valence-electron chi connectivity index (χ0n) is 10.7. The molecule has 2 aromatic carbocycles. The molecular weight excluding hydrogens is 327 g/mol. The first-order valence-electron chi connectivity index (χ1n) is 5.86. The molecule has 0 aromatic heterocycles. The number of hydrogen-bond acceptors (Lipinski definition) is 3. The summed E-state index contributed by atoms with van der Waals surface area (Å²) >= 11 is 3.26. The monoisotopic (exact) mass is 338 g/mol. The van der Waals surface area contributed by atoms with Crippen molar-refractivity contribution in [3.05, 3.63) is 64.4 Å². The molecular formula is C15H12BrFO3. The number of esters is 1. The summed E-state index contributed by atoms with van der Waals surface area (Å²) in [6.07, 6.45) is -0.945. The Hall–Kier alpha value is -1.88. The number of rotatable bonds is 4. The van der Waals surface area contributed by atoms with Gasteiger partial charge in [0.25, 0.3) is 0 Å². The summed E-state index contributed by atoms with van der Waals surface area (Å²) in [7, 11) is 1.28. The summed E-state index contributed by atoms with van der Waals surface area (Å²) in [5.74, 6) is -0.753. The van der Waals surface area contributed by atoms with E-state index in [2.05, 4.69) is 15.9 Å². The second-order valence-electron chi connectivity index (χ2n) is 4.01. The van der Waals surface area contributed by atoms with Crippen molar-refractivity contribution >= 4 is 21.9 Å². The Morgan fingerprint density at radius 3 is 2.55 bits per heavy atom. The molecule has 1 atom stereocenters. The normalized spacial score (nSPS) is 11.8. The van der Waals surface area contributed by atoms with E-state index in [9.17, 15) is 9.18 Å². The number of ether oxygens (including phenoxy) is 2. The first-order chi connectivity index (χ1) is 9.61. The van der Waals surface area contributed by atoms with Gasteiger partial charge in [0.05, 0.1) is 11.6 Å². The van der Waals surface area contributed by atoms with Gasteiger partial charge < -0.3 is 9.47 Å². The van der Waals surface area contributed by atoms with Crippen molar-refractivity contribution < 1.29 is 18.7 Å². The van der Waals surface area contributed by atoms with Crippen LogP contribution in [0.1, 0.15) is 11.7 Å². The molecule has 2 rings (SSSR count). The van der Waals surface area contributed by atoms with Gasteiger partial charge in [-0.2, -0.15) is 0 Å². The van der Waals surface area contributed by atoms with Gasteiger partial charge in [-0.1, -0.05) is 30.3 Å². The molecule has 0 aliphatic rings. The molecule has 2 aromatic rings. The van der Waals surface area contributed by atoms with Crippen LogP contribution in [0.25, 0.3) is 0 Å². The second-order valence-corrected chi connectivity index (χ2v) is 4.86. The topological polar surface area (TPSA) is 35.5 Å². The van der Waals surface area contributed by atoms with Crippen molar-refractivity contribution in [1.82, 2.24) is 0 Å². The van der Waals surface area contributed by atoms with E-state index in [1.54, 1.807) is 24.3 Å². The fourth-order valence-corrected chi connectivity index (χ4v) is 2.02. The molecule has 0 saturated carbocycles. The van der Waals surface area contributed by atoms with Crippen LogP contribution in [-0.2, 0) is 9.53 Å². The summed E-state index contributed by atoms with van der Waals surface area (Å²) in [4.78, 5) is 11.9. The van der Waals surface area contributed by atoms with E-state index in [1.165, 1.54) is 25.3 Å².